The number of amides is 1. The molecule has 3 nitrogen and oxygen atoms in total. The van der Waals surface area contributed by atoms with Gasteiger partial charge in [0.25, 0.3) is 0 Å². The number of nitrogens with one attached hydrogen (secondary N) is 1. The maximum atomic E-state index is 12.5. The molecule has 2 rings (SSSR count). The molecule has 1 aromatic heterocycles. The third-order valence-electron chi connectivity index (χ3n) is 4.18. The van der Waals surface area contributed by atoms with Crippen molar-refractivity contribution in [2.24, 2.45) is 0 Å². The van der Waals surface area contributed by atoms with Gasteiger partial charge < -0.3 is 10.2 Å². The van der Waals surface area contributed by atoms with Gasteiger partial charge in [-0.25, -0.2) is 0 Å². The van der Waals surface area contributed by atoms with Crippen LogP contribution in [0.5, 0.6) is 0 Å². The van der Waals surface area contributed by atoms with E-state index in [0.29, 0.717) is 24.4 Å². The van der Waals surface area contributed by atoms with Crippen LogP contribution in [0.1, 0.15) is 44.4 Å². The summed E-state index contributed by atoms with van der Waals surface area (Å²) in [5.74, 6) is 0.341. The summed E-state index contributed by atoms with van der Waals surface area (Å²) in [6.45, 7) is 6.19. The zero-order valence-corrected chi connectivity index (χ0v) is 13.4. The Hall–Kier alpha value is -0.870. The van der Waals surface area contributed by atoms with E-state index in [9.17, 15) is 4.79 Å². The van der Waals surface area contributed by atoms with Crippen molar-refractivity contribution in [1.82, 2.24) is 10.2 Å². The lowest BCUT2D eigenvalue weighted by Gasteiger charge is -2.40. The van der Waals surface area contributed by atoms with Crippen LogP contribution in [0.2, 0.25) is 0 Å². The van der Waals surface area contributed by atoms with Crippen molar-refractivity contribution in [2.45, 2.75) is 58.0 Å². The highest BCUT2D eigenvalue weighted by molar-refractivity contribution is 7.09. The molecule has 0 spiro atoms. The van der Waals surface area contributed by atoms with Crippen molar-refractivity contribution >= 4 is 17.2 Å². The Morgan fingerprint density at radius 2 is 2.30 bits per heavy atom. The second kappa shape index (κ2) is 7.79. The van der Waals surface area contributed by atoms with Crippen LogP contribution in [-0.2, 0) is 11.2 Å². The molecule has 0 radical (unpaired) electrons. The Kier molecular flexibility index (Phi) is 6.05. The van der Waals surface area contributed by atoms with E-state index >= 15 is 0 Å². The monoisotopic (exact) mass is 294 g/mol. The molecule has 112 valence electrons. The van der Waals surface area contributed by atoms with Crippen LogP contribution < -0.4 is 5.32 Å². The lowest BCUT2D eigenvalue weighted by molar-refractivity contribution is -0.135. The van der Waals surface area contributed by atoms with E-state index in [2.05, 4.69) is 41.6 Å². The first kappa shape index (κ1) is 15.5. The van der Waals surface area contributed by atoms with Gasteiger partial charge in [0, 0.05) is 36.5 Å². The molecule has 0 aromatic carbocycles. The van der Waals surface area contributed by atoms with Gasteiger partial charge in [0.2, 0.25) is 5.91 Å². The van der Waals surface area contributed by atoms with Gasteiger partial charge in [-0.1, -0.05) is 19.9 Å². The van der Waals surface area contributed by atoms with Crippen molar-refractivity contribution in [3.05, 3.63) is 22.4 Å². The van der Waals surface area contributed by atoms with Crippen LogP contribution in [0.4, 0.5) is 0 Å². The normalized spacial score (nSPS) is 23.0. The number of aryl methyl sites for hydroxylation is 1. The first-order chi connectivity index (χ1) is 9.74. The first-order valence-corrected chi connectivity index (χ1v) is 8.67. The largest absolute Gasteiger partial charge is 0.337 e. The predicted molar refractivity (Wildman–Crippen MR) is 85.1 cm³/mol. The van der Waals surface area contributed by atoms with E-state index in [1.54, 1.807) is 11.3 Å². The van der Waals surface area contributed by atoms with E-state index in [0.717, 1.165) is 38.8 Å². The maximum Gasteiger partial charge on any atom is 0.222 e. The highest BCUT2D eigenvalue weighted by atomic mass is 32.1. The van der Waals surface area contributed by atoms with Crippen molar-refractivity contribution in [1.29, 1.82) is 0 Å². The molecular weight excluding hydrogens is 268 g/mol. The standard InChI is InChI=1S/C16H26N2OS/c1-3-13-12-18(14(4-2)11-17-13)16(19)9-5-7-15-8-6-10-20-15/h6,8,10,13-14,17H,3-5,7,9,11-12H2,1-2H3. The molecule has 1 fully saturated rings. The zero-order chi connectivity index (χ0) is 14.4. The quantitative estimate of drug-likeness (QED) is 0.874. The highest BCUT2D eigenvalue weighted by Crippen LogP contribution is 2.16. The minimum Gasteiger partial charge on any atom is -0.337 e. The number of hydrogen-bond acceptors (Lipinski definition) is 3. The van der Waals surface area contributed by atoms with Crippen LogP contribution in [0, 0.1) is 0 Å². The Morgan fingerprint density at radius 1 is 1.45 bits per heavy atom. The summed E-state index contributed by atoms with van der Waals surface area (Å²) in [6.07, 6.45) is 4.82. The second-order valence-corrected chi connectivity index (χ2v) is 6.59. The number of thiophene rings is 1. The van der Waals surface area contributed by atoms with Gasteiger partial charge in [-0.3, -0.25) is 4.79 Å². The fraction of sp³-hybridized carbons (Fsp3) is 0.688. The molecule has 0 bridgehead atoms. The zero-order valence-electron chi connectivity index (χ0n) is 12.6. The topological polar surface area (TPSA) is 32.3 Å². The molecule has 2 atom stereocenters. The van der Waals surface area contributed by atoms with E-state index in [1.807, 2.05) is 0 Å². The molecule has 1 aromatic rings. The highest BCUT2D eigenvalue weighted by Gasteiger charge is 2.28. The summed E-state index contributed by atoms with van der Waals surface area (Å²) >= 11 is 1.78. The van der Waals surface area contributed by atoms with Gasteiger partial charge in [-0.2, -0.15) is 0 Å². The summed E-state index contributed by atoms with van der Waals surface area (Å²) in [5, 5.41) is 5.64. The van der Waals surface area contributed by atoms with Crippen LogP contribution in [-0.4, -0.2) is 36.0 Å². The fourth-order valence-electron chi connectivity index (χ4n) is 2.82. The third-order valence-corrected chi connectivity index (χ3v) is 5.11. The van der Waals surface area contributed by atoms with Gasteiger partial charge in [-0.15, -0.1) is 11.3 Å². The Balaban J connectivity index is 1.82. The second-order valence-electron chi connectivity index (χ2n) is 5.55. The first-order valence-electron chi connectivity index (χ1n) is 7.79. The minimum atomic E-state index is 0.341. The molecule has 1 N–H and O–H groups in total. The van der Waals surface area contributed by atoms with Gasteiger partial charge in [0.15, 0.2) is 0 Å². The van der Waals surface area contributed by atoms with E-state index in [-0.39, 0.29) is 0 Å². The van der Waals surface area contributed by atoms with Crippen molar-refractivity contribution < 1.29 is 4.79 Å². The smallest absolute Gasteiger partial charge is 0.222 e. The molecule has 0 aliphatic carbocycles. The number of piperazine rings is 1. The Bertz CT molecular complexity index is 405. The third kappa shape index (κ3) is 4.06. The van der Waals surface area contributed by atoms with Gasteiger partial charge in [0.1, 0.15) is 0 Å². The summed E-state index contributed by atoms with van der Waals surface area (Å²) in [6, 6.07) is 5.09. The summed E-state index contributed by atoms with van der Waals surface area (Å²) in [5.41, 5.74) is 0. The van der Waals surface area contributed by atoms with Crippen molar-refractivity contribution in [3.63, 3.8) is 0 Å². The molecule has 1 saturated heterocycles. The van der Waals surface area contributed by atoms with Gasteiger partial charge in [-0.05, 0) is 37.1 Å². The number of hydrogen-bond donors (Lipinski definition) is 1. The summed E-state index contributed by atoms with van der Waals surface area (Å²) < 4.78 is 0. The van der Waals surface area contributed by atoms with E-state index < -0.39 is 0 Å². The number of nitrogens with zero attached hydrogens (tertiary/aromatic N) is 1. The van der Waals surface area contributed by atoms with Crippen molar-refractivity contribution in [2.75, 3.05) is 13.1 Å². The predicted octanol–water partition coefficient (Wildman–Crippen LogP) is 3.06. The average Bonchev–Trinajstić information content (AvgIpc) is 2.99. The van der Waals surface area contributed by atoms with Crippen LogP contribution in [0.15, 0.2) is 17.5 Å². The molecule has 1 amide bonds. The molecular formula is C16H26N2OS. The number of carbonyl (C=O) groups is 1. The van der Waals surface area contributed by atoms with Crippen LogP contribution in [0.3, 0.4) is 0 Å². The Morgan fingerprint density at radius 3 is 2.95 bits per heavy atom. The van der Waals surface area contributed by atoms with E-state index in [4.69, 9.17) is 0 Å². The van der Waals surface area contributed by atoms with Crippen LogP contribution >= 0.6 is 11.3 Å². The molecule has 0 saturated carbocycles. The molecule has 4 heteroatoms. The minimum absolute atomic E-state index is 0.341. The SMILES string of the molecule is CCC1CN(C(=O)CCCc2cccs2)C(CC)CN1. The summed E-state index contributed by atoms with van der Waals surface area (Å²) in [4.78, 5) is 16.0. The number of rotatable bonds is 6. The van der Waals surface area contributed by atoms with Crippen molar-refractivity contribution in [3.8, 4) is 0 Å². The lowest BCUT2D eigenvalue weighted by Crippen LogP contribution is -2.57. The number of carbonyl (C=O) groups excluding carboxylic acids is 1. The average molecular weight is 294 g/mol. The Labute approximate surface area is 126 Å². The van der Waals surface area contributed by atoms with Crippen LogP contribution in [0.25, 0.3) is 0 Å². The molecule has 2 heterocycles. The van der Waals surface area contributed by atoms with Gasteiger partial charge in [0.05, 0.1) is 0 Å². The van der Waals surface area contributed by atoms with E-state index in [1.165, 1.54) is 4.88 Å². The fourth-order valence-corrected chi connectivity index (χ4v) is 3.57. The summed E-state index contributed by atoms with van der Waals surface area (Å²) in [7, 11) is 0. The van der Waals surface area contributed by atoms with Gasteiger partial charge >= 0.3 is 0 Å². The molecule has 2 unspecified atom stereocenters. The lowest BCUT2D eigenvalue weighted by atomic mass is 10.0. The molecule has 1 aliphatic rings. The molecule has 1 aliphatic heterocycles. The maximum absolute atomic E-state index is 12.5. The molecule has 20 heavy (non-hydrogen) atoms.